The predicted molar refractivity (Wildman–Crippen MR) is 178 cm³/mol. The first-order valence-electron chi connectivity index (χ1n) is 15.4. The van der Waals surface area contributed by atoms with Gasteiger partial charge in [-0.1, -0.05) is 41.5 Å². The third-order valence-electron chi connectivity index (χ3n) is 7.97. The van der Waals surface area contributed by atoms with Crippen LogP contribution in [-0.2, 0) is 33.3 Å². The highest BCUT2D eigenvalue weighted by Crippen LogP contribution is 2.37. The van der Waals surface area contributed by atoms with Crippen molar-refractivity contribution in [3.05, 3.63) is 84.1 Å². The fourth-order valence-electron chi connectivity index (χ4n) is 5.73. The molecule has 0 amide bonds. The molecule has 4 aromatic carbocycles. The highest BCUT2D eigenvalue weighted by Gasteiger charge is 2.51. The number of nitrogens with zero attached hydrogens (tertiary/aromatic N) is 3. The zero-order valence-electron chi connectivity index (χ0n) is 27.5. The van der Waals surface area contributed by atoms with Gasteiger partial charge in [-0.15, -0.1) is 5.10 Å². The van der Waals surface area contributed by atoms with Crippen LogP contribution in [0.1, 0.15) is 38.3 Å². The minimum Gasteiger partial charge on any atom is -0.497 e. The van der Waals surface area contributed by atoms with Gasteiger partial charge in [-0.3, -0.25) is 14.4 Å². The van der Waals surface area contributed by atoms with Gasteiger partial charge in [0.15, 0.2) is 18.4 Å². The molecule has 0 unspecified atom stereocenters. The lowest BCUT2D eigenvalue weighted by Crippen LogP contribution is -2.40. The molecular weight excluding hydrogens is 630 g/mol. The molecule has 49 heavy (non-hydrogen) atoms. The number of fused-ring (bicyclic) bond motifs is 2. The van der Waals surface area contributed by atoms with Gasteiger partial charge in [0.25, 0.3) is 0 Å². The average molecular weight is 664 g/mol. The summed E-state index contributed by atoms with van der Waals surface area (Å²) in [7, 11) is 3.23. The first-order valence-corrected chi connectivity index (χ1v) is 15.4. The van der Waals surface area contributed by atoms with E-state index in [-0.39, 0.29) is 6.61 Å². The maximum absolute atomic E-state index is 12.3. The molecule has 2 heterocycles. The Kier molecular flexibility index (Phi) is 9.46. The van der Waals surface area contributed by atoms with E-state index in [9.17, 15) is 14.4 Å². The van der Waals surface area contributed by atoms with E-state index in [1.165, 1.54) is 25.5 Å². The highest BCUT2D eigenvalue weighted by atomic mass is 16.7. The number of esters is 3. The normalized spacial score (nSPS) is 18.4. The van der Waals surface area contributed by atoms with Crippen molar-refractivity contribution in [2.24, 2.45) is 0 Å². The Bertz CT molecular complexity index is 2130. The Morgan fingerprint density at radius 2 is 1.33 bits per heavy atom. The molecule has 5 aromatic rings. The number of aromatic nitrogens is 3. The molecule has 1 fully saturated rings. The molecule has 1 saturated heterocycles. The van der Waals surface area contributed by atoms with Gasteiger partial charge in [-0.25, -0.2) is 4.68 Å². The van der Waals surface area contributed by atoms with Crippen LogP contribution in [0.25, 0.3) is 32.8 Å². The predicted octanol–water partition coefficient (Wildman–Crippen LogP) is 4.99. The maximum Gasteiger partial charge on any atom is 0.303 e. The van der Waals surface area contributed by atoms with Crippen LogP contribution in [0.2, 0.25) is 0 Å². The largest absolute Gasteiger partial charge is 0.497 e. The van der Waals surface area contributed by atoms with Crippen LogP contribution in [0.5, 0.6) is 11.5 Å². The molecular formula is C37H33N3O9. The second-order valence-electron chi connectivity index (χ2n) is 11.4. The Balaban J connectivity index is 1.48. The first-order chi connectivity index (χ1) is 23.6. The lowest BCUT2D eigenvalue weighted by molar-refractivity contribution is -0.166. The van der Waals surface area contributed by atoms with E-state index in [2.05, 4.69) is 22.2 Å². The summed E-state index contributed by atoms with van der Waals surface area (Å²) in [5.41, 5.74) is 2.22. The van der Waals surface area contributed by atoms with Crippen LogP contribution >= 0.6 is 0 Å². The molecule has 1 aliphatic rings. The lowest BCUT2D eigenvalue weighted by atomic mass is 10.0. The molecule has 0 saturated carbocycles. The molecule has 12 heteroatoms. The van der Waals surface area contributed by atoms with Gasteiger partial charge in [0.2, 0.25) is 0 Å². The van der Waals surface area contributed by atoms with E-state index < -0.39 is 42.4 Å². The summed E-state index contributed by atoms with van der Waals surface area (Å²) in [5, 5.41) is 12.8. The second-order valence-corrected chi connectivity index (χ2v) is 11.4. The SMILES string of the molecule is COc1ccc2cc(C#Cc3c(-c4ccc5cc(OC)ccc5c4)nnn3[C@@H]3O[C@H](COC(C)=O)[C@@H](OC(C)=O)[C@H]3OC(C)=O)ccc2c1. The summed E-state index contributed by atoms with van der Waals surface area (Å²) < 4.78 is 34.8. The van der Waals surface area contributed by atoms with Crippen molar-refractivity contribution in [3.63, 3.8) is 0 Å². The van der Waals surface area contributed by atoms with Crippen molar-refractivity contribution in [2.75, 3.05) is 20.8 Å². The van der Waals surface area contributed by atoms with Gasteiger partial charge >= 0.3 is 17.9 Å². The Morgan fingerprint density at radius 3 is 1.96 bits per heavy atom. The molecule has 0 spiro atoms. The smallest absolute Gasteiger partial charge is 0.303 e. The van der Waals surface area contributed by atoms with Gasteiger partial charge in [-0.05, 0) is 69.9 Å². The van der Waals surface area contributed by atoms with Crippen molar-refractivity contribution >= 4 is 39.5 Å². The van der Waals surface area contributed by atoms with E-state index in [1.54, 1.807) is 14.2 Å². The zero-order valence-corrected chi connectivity index (χ0v) is 27.5. The minimum atomic E-state index is -1.17. The van der Waals surface area contributed by atoms with Gasteiger partial charge in [-0.2, -0.15) is 0 Å². The summed E-state index contributed by atoms with van der Waals surface area (Å²) in [6, 6.07) is 23.1. The molecule has 0 radical (unpaired) electrons. The summed E-state index contributed by atoms with van der Waals surface area (Å²) in [6.45, 7) is 3.44. The summed E-state index contributed by atoms with van der Waals surface area (Å²) in [5.74, 6) is 6.09. The third kappa shape index (κ3) is 7.17. The first kappa shape index (κ1) is 33.0. The monoisotopic (exact) mass is 663 g/mol. The van der Waals surface area contributed by atoms with Crippen molar-refractivity contribution in [3.8, 4) is 34.6 Å². The Labute approximate surface area is 281 Å². The average Bonchev–Trinajstić information content (AvgIpc) is 3.65. The van der Waals surface area contributed by atoms with Crippen molar-refractivity contribution < 1.29 is 42.8 Å². The van der Waals surface area contributed by atoms with E-state index in [0.717, 1.165) is 38.6 Å². The summed E-state index contributed by atoms with van der Waals surface area (Å²) in [4.78, 5) is 36.2. The molecule has 1 aromatic heterocycles. The quantitative estimate of drug-likeness (QED) is 0.126. The van der Waals surface area contributed by atoms with Gasteiger partial charge in [0.05, 0.1) is 14.2 Å². The topological polar surface area (TPSA) is 137 Å². The van der Waals surface area contributed by atoms with Gasteiger partial charge < -0.3 is 28.4 Å². The Morgan fingerprint density at radius 1 is 0.735 bits per heavy atom. The van der Waals surface area contributed by atoms with Crippen molar-refractivity contribution in [1.29, 1.82) is 0 Å². The van der Waals surface area contributed by atoms with Crippen LogP contribution in [0.4, 0.5) is 0 Å². The molecule has 0 N–H and O–H groups in total. The van der Waals surface area contributed by atoms with Crippen LogP contribution in [0.3, 0.4) is 0 Å². The van der Waals surface area contributed by atoms with E-state index in [4.69, 9.17) is 28.4 Å². The van der Waals surface area contributed by atoms with E-state index in [0.29, 0.717) is 17.0 Å². The molecule has 1 aliphatic heterocycles. The van der Waals surface area contributed by atoms with Crippen molar-refractivity contribution in [1.82, 2.24) is 15.0 Å². The molecule has 250 valence electrons. The number of methoxy groups -OCH3 is 2. The lowest BCUT2D eigenvalue weighted by Gasteiger charge is -2.23. The molecule has 0 bridgehead atoms. The zero-order chi connectivity index (χ0) is 34.7. The number of hydrogen-bond acceptors (Lipinski definition) is 11. The highest BCUT2D eigenvalue weighted by molar-refractivity contribution is 5.89. The molecule has 4 atom stereocenters. The summed E-state index contributed by atoms with van der Waals surface area (Å²) in [6.07, 6.45) is -4.42. The maximum atomic E-state index is 12.3. The number of rotatable bonds is 8. The van der Waals surface area contributed by atoms with Gasteiger partial charge in [0, 0.05) is 31.9 Å². The van der Waals surface area contributed by atoms with Crippen LogP contribution in [-0.4, -0.2) is 72.0 Å². The minimum absolute atomic E-state index is 0.264. The third-order valence-corrected chi connectivity index (χ3v) is 7.97. The fourth-order valence-corrected chi connectivity index (χ4v) is 5.73. The van der Waals surface area contributed by atoms with Crippen LogP contribution in [0.15, 0.2) is 72.8 Å². The number of carbonyl (C=O) groups is 3. The molecule has 0 aliphatic carbocycles. The molecule has 12 nitrogen and oxygen atoms in total. The van der Waals surface area contributed by atoms with E-state index >= 15 is 0 Å². The standard InChI is InChI=1S/C37H33N3O9/c1-21(41)46-20-33-35(47-22(2)42)36(48-23(3)43)37(49-33)40-32(15-7-24-6-8-27-18-30(44-4)13-11-25(27)16-24)34(38-39-40)29-10-9-28-19-31(45-5)14-12-26(28)17-29/h6,8-14,16-19,33,35-37H,20H2,1-5H3/t33-,35-,36-,37-/m1/s1. The second kappa shape index (κ2) is 14.0. The van der Waals surface area contributed by atoms with Gasteiger partial charge in [0.1, 0.15) is 35.6 Å². The van der Waals surface area contributed by atoms with E-state index in [1.807, 2.05) is 72.8 Å². The van der Waals surface area contributed by atoms with Crippen LogP contribution in [0, 0.1) is 11.8 Å². The fraction of sp³-hybridized carbons (Fsp3) is 0.270. The van der Waals surface area contributed by atoms with Crippen LogP contribution < -0.4 is 9.47 Å². The number of hydrogen-bond donors (Lipinski definition) is 0. The Hall–Kier alpha value is -5.93. The number of ether oxygens (including phenoxy) is 6. The number of benzene rings is 4. The number of carbonyl (C=O) groups excluding carboxylic acids is 3. The molecule has 6 rings (SSSR count). The van der Waals surface area contributed by atoms with Crippen molar-refractivity contribution in [2.45, 2.75) is 45.3 Å². The summed E-state index contributed by atoms with van der Waals surface area (Å²) >= 11 is 0.